The highest BCUT2D eigenvalue weighted by molar-refractivity contribution is 6.10. The number of alkyl carbamates (subject to hydrolysis) is 1. The molecule has 9 heteroatoms. The first-order valence-corrected chi connectivity index (χ1v) is 13.0. The SMILES string of the molecule is CC(C)(C)OC(=O)NCC1CCCCN1C(=O)CCCN1C(=O)c2ccccc2N2C(=O)CCC12C. The van der Waals surface area contributed by atoms with Crippen molar-refractivity contribution in [3.05, 3.63) is 29.8 Å². The molecule has 3 aliphatic heterocycles. The van der Waals surface area contributed by atoms with E-state index in [1.54, 1.807) is 15.9 Å². The number of rotatable bonds is 6. The minimum absolute atomic E-state index is 0.0205. The van der Waals surface area contributed by atoms with Crippen LogP contribution in [0, 0.1) is 0 Å². The highest BCUT2D eigenvalue weighted by Crippen LogP contribution is 2.44. The van der Waals surface area contributed by atoms with E-state index < -0.39 is 17.4 Å². The van der Waals surface area contributed by atoms with Gasteiger partial charge in [-0.1, -0.05) is 12.1 Å². The summed E-state index contributed by atoms with van der Waals surface area (Å²) < 4.78 is 5.32. The molecular weight excluding hydrogens is 460 g/mol. The van der Waals surface area contributed by atoms with Crippen molar-refractivity contribution in [2.75, 3.05) is 24.5 Å². The van der Waals surface area contributed by atoms with E-state index in [0.717, 1.165) is 19.3 Å². The Morgan fingerprint density at radius 3 is 2.67 bits per heavy atom. The fourth-order valence-electron chi connectivity index (χ4n) is 5.63. The Morgan fingerprint density at radius 2 is 1.92 bits per heavy atom. The molecule has 0 saturated carbocycles. The van der Waals surface area contributed by atoms with Crippen LogP contribution in [0.15, 0.2) is 24.3 Å². The summed E-state index contributed by atoms with van der Waals surface area (Å²) in [7, 11) is 0. The molecule has 4 amide bonds. The van der Waals surface area contributed by atoms with Crippen LogP contribution in [0.1, 0.15) is 83.0 Å². The van der Waals surface area contributed by atoms with Crippen LogP contribution in [0.4, 0.5) is 10.5 Å². The summed E-state index contributed by atoms with van der Waals surface area (Å²) in [5.74, 6) is -0.0452. The molecule has 9 nitrogen and oxygen atoms in total. The molecule has 3 heterocycles. The van der Waals surface area contributed by atoms with Crippen LogP contribution in [-0.4, -0.2) is 70.6 Å². The molecule has 1 aromatic rings. The lowest BCUT2D eigenvalue weighted by atomic mass is 9.97. The van der Waals surface area contributed by atoms with Crippen LogP contribution in [0.3, 0.4) is 0 Å². The van der Waals surface area contributed by atoms with Gasteiger partial charge in [-0.3, -0.25) is 19.3 Å². The molecule has 2 unspecified atom stereocenters. The van der Waals surface area contributed by atoms with Crippen molar-refractivity contribution >= 4 is 29.5 Å². The quantitative estimate of drug-likeness (QED) is 0.645. The Morgan fingerprint density at radius 1 is 1.17 bits per heavy atom. The normalized spacial score (nSPS) is 23.9. The number of ether oxygens (including phenoxy) is 1. The van der Waals surface area contributed by atoms with Crippen molar-refractivity contribution in [3.8, 4) is 0 Å². The number of nitrogens with zero attached hydrogens (tertiary/aromatic N) is 3. The molecule has 1 aromatic carbocycles. The lowest BCUT2D eigenvalue weighted by Gasteiger charge is -2.48. The minimum atomic E-state index is -0.712. The van der Waals surface area contributed by atoms with E-state index in [0.29, 0.717) is 56.6 Å². The summed E-state index contributed by atoms with van der Waals surface area (Å²) in [6.07, 6.45) is 4.08. The molecule has 0 radical (unpaired) electrons. The summed E-state index contributed by atoms with van der Waals surface area (Å²) in [4.78, 5) is 56.8. The maximum absolute atomic E-state index is 13.4. The third kappa shape index (κ3) is 5.20. The second-order valence-electron chi connectivity index (χ2n) is 11.1. The van der Waals surface area contributed by atoms with Gasteiger partial charge in [0.05, 0.1) is 11.3 Å². The van der Waals surface area contributed by atoms with Gasteiger partial charge in [-0.15, -0.1) is 0 Å². The molecule has 0 aromatic heterocycles. The summed E-state index contributed by atoms with van der Waals surface area (Å²) in [6, 6.07) is 7.18. The molecule has 36 heavy (non-hydrogen) atoms. The van der Waals surface area contributed by atoms with Crippen molar-refractivity contribution in [1.82, 2.24) is 15.1 Å². The fraction of sp³-hybridized carbons (Fsp3) is 0.630. The van der Waals surface area contributed by atoms with E-state index in [1.165, 1.54) is 0 Å². The topological polar surface area (TPSA) is 99.3 Å². The smallest absolute Gasteiger partial charge is 0.407 e. The van der Waals surface area contributed by atoms with Crippen molar-refractivity contribution in [1.29, 1.82) is 0 Å². The monoisotopic (exact) mass is 498 g/mol. The van der Waals surface area contributed by atoms with Crippen LogP contribution in [0.2, 0.25) is 0 Å². The number of para-hydroxylation sites is 1. The maximum atomic E-state index is 13.4. The number of hydrogen-bond donors (Lipinski definition) is 1. The first-order valence-electron chi connectivity index (χ1n) is 13.0. The van der Waals surface area contributed by atoms with Gasteiger partial charge in [0, 0.05) is 38.5 Å². The highest BCUT2D eigenvalue weighted by Gasteiger charge is 2.52. The third-order valence-corrected chi connectivity index (χ3v) is 7.35. The first-order chi connectivity index (χ1) is 17.0. The van der Waals surface area contributed by atoms with Crippen molar-refractivity contribution < 1.29 is 23.9 Å². The maximum Gasteiger partial charge on any atom is 0.407 e. The largest absolute Gasteiger partial charge is 0.444 e. The summed E-state index contributed by atoms with van der Waals surface area (Å²) in [5.41, 5.74) is -0.0834. The number of hydrogen-bond acceptors (Lipinski definition) is 5. The van der Waals surface area contributed by atoms with Crippen LogP contribution < -0.4 is 10.2 Å². The van der Waals surface area contributed by atoms with Gasteiger partial charge < -0.3 is 19.9 Å². The Kier molecular flexibility index (Phi) is 7.29. The lowest BCUT2D eigenvalue weighted by molar-refractivity contribution is -0.135. The van der Waals surface area contributed by atoms with Crippen LogP contribution in [0.5, 0.6) is 0 Å². The molecule has 0 bridgehead atoms. The number of likely N-dealkylation sites (tertiary alicyclic amines) is 1. The number of carbonyl (C=O) groups is 4. The molecule has 2 fully saturated rings. The molecule has 4 rings (SSSR count). The van der Waals surface area contributed by atoms with Crippen molar-refractivity contribution in [2.45, 2.75) is 89.9 Å². The summed E-state index contributed by atoms with van der Waals surface area (Å²) in [5, 5.41) is 2.81. The van der Waals surface area contributed by atoms with Crippen molar-refractivity contribution in [3.63, 3.8) is 0 Å². The first kappa shape index (κ1) is 26.0. The molecule has 196 valence electrons. The number of piperidine rings is 1. The van der Waals surface area contributed by atoms with Gasteiger partial charge in [0.2, 0.25) is 11.8 Å². The second kappa shape index (κ2) is 10.1. The van der Waals surface area contributed by atoms with E-state index in [9.17, 15) is 19.2 Å². The third-order valence-electron chi connectivity index (χ3n) is 7.35. The summed E-state index contributed by atoms with van der Waals surface area (Å²) >= 11 is 0. The Bertz CT molecular complexity index is 1040. The Hall–Kier alpha value is -3.10. The zero-order valence-electron chi connectivity index (χ0n) is 21.8. The standard InChI is InChI=1S/C27H38N4O5/c1-26(2,3)36-25(35)28-18-19-10-7-8-16-29(19)22(32)13-9-17-30-24(34)20-11-5-6-12-21(20)31-23(33)14-15-27(30,31)4/h5-6,11-12,19H,7-10,13-18H2,1-4H3,(H,28,35). The number of anilines is 1. The van der Waals surface area contributed by atoms with E-state index in [4.69, 9.17) is 4.74 Å². The van der Waals surface area contributed by atoms with E-state index in [2.05, 4.69) is 5.32 Å². The molecule has 0 aliphatic carbocycles. The molecule has 0 spiro atoms. The molecule has 2 saturated heterocycles. The van der Waals surface area contributed by atoms with Gasteiger partial charge in [-0.2, -0.15) is 0 Å². The predicted octanol–water partition coefficient (Wildman–Crippen LogP) is 3.67. The fourth-order valence-corrected chi connectivity index (χ4v) is 5.63. The van der Waals surface area contributed by atoms with Gasteiger partial charge >= 0.3 is 6.09 Å². The number of amides is 4. The minimum Gasteiger partial charge on any atom is -0.444 e. The highest BCUT2D eigenvalue weighted by atomic mass is 16.6. The van der Waals surface area contributed by atoms with Crippen molar-refractivity contribution in [2.24, 2.45) is 0 Å². The van der Waals surface area contributed by atoms with Crippen LogP contribution >= 0.6 is 0 Å². The van der Waals surface area contributed by atoms with Crippen LogP contribution in [-0.2, 0) is 14.3 Å². The average molecular weight is 499 g/mol. The van der Waals surface area contributed by atoms with E-state index in [-0.39, 0.29) is 23.8 Å². The molecule has 2 atom stereocenters. The number of carbonyl (C=O) groups excluding carboxylic acids is 4. The molecule has 1 N–H and O–H groups in total. The Balaban J connectivity index is 1.37. The average Bonchev–Trinajstić information content (AvgIpc) is 3.14. The van der Waals surface area contributed by atoms with Gasteiger partial charge in [0.25, 0.3) is 5.91 Å². The van der Waals surface area contributed by atoms with Gasteiger partial charge in [-0.25, -0.2) is 4.79 Å². The van der Waals surface area contributed by atoms with Gasteiger partial charge in [-0.05, 0) is 71.9 Å². The molecule has 3 aliphatic rings. The number of benzene rings is 1. The van der Waals surface area contributed by atoms with Gasteiger partial charge in [0.15, 0.2) is 0 Å². The molecular formula is C27H38N4O5. The van der Waals surface area contributed by atoms with Crippen LogP contribution in [0.25, 0.3) is 0 Å². The summed E-state index contributed by atoms with van der Waals surface area (Å²) in [6.45, 7) is 8.80. The second-order valence-corrected chi connectivity index (χ2v) is 11.1. The number of fused-ring (bicyclic) bond motifs is 3. The lowest BCUT2D eigenvalue weighted by Crippen LogP contribution is -2.62. The zero-order valence-corrected chi connectivity index (χ0v) is 21.8. The van der Waals surface area contributed by atoms with Gasteiger partial charge in [0.1, 0.15) is 11.3 Å². The zero-order chi connectivity index (χ0) is 26.1. The Labute approximate surface area is 213 Å². The van der Waals surface area contributed by atoms with E-state index in [1.807, 2.05) is 50.8 Å². The predicted molar refractivity (Wildman–Crippen MR) is 135 cm³/mol. The number of nitrogens with one attached hydrogen (secondary N) is 1. The van der Waals surface area contributed by atoms with E-state index >= 15 is 0 Å².